The highest BCUT2D eigenvalue weighted by molar-refractivity contribution is 5.94. The van der Waals surface area contributed by atoms with E-state index < -0.39 is 5.60 Å². The van der Waals surface area contributed by atoms with Crippen LogP contribution in [0.2, 0.25) is 0 Å². The summed E-state index contributed by atoms with van der Waals surface area (Å²) in [5.41, 5.74) is 1.36. The Labute approximate surface area is 106 Å². The van der Waals surface area contributed by atoms with Gasteiger partial charge in [-0.2, -0.15) is 0 Å². The van der Waals surface area contributed by atoms with Gasteiger partial charge in [0.25, 0.3) is 0 Å². The van der Waals surface area contributed by atoms with E-state index in [-0.39, 0.29) is 17.8 Å². The normalized spacial score (nSPS) is 29.6. The first-order valence-electron chi connectivity index (χ1n) is 6.10. The third kappa shape index (κ3) is 1.45. The number of amides is 1. The summed E-state index contributed by atoms with van der Waals surface area (Å²) in [5, 5.41) is 0. The number of para-hydroxylation sites is 1. The van der Waals surface area contributed by atoms with Crippen LogP contribution in [0.1, 0.15) is 31.7 Å². The van der Waals surface area contributed by atoms with Crippen LogP contribution >= 0.6 is 0 Å². The zero-order valence-electron chi connectivity index (χ0n) is 10.5. The number of carbonyl (C=O) groups excluding carboxylic acids is 2. The lowest BCUT2D eigenvalue weighted by molar-refractivity contribution is -0.147. The van der Waals surface area contributed by atoms with Crippen LogP contribution in [0, 0.1) is 0 Å². The molecule has 2 aliphatic heterocycles. The molecule has 3 rings (SSSR count). The molecule has 1 amide bonds. The zero-order valence-corrected chi connectivity index (χ0v) is 10.5. The topological polar surface area (TPSA) is 46.6 Å². The Balaban J connectivity index is 2.16. The molecule has 4 nitrogen and oxygen atoms in total. The molecule has 1 aromatic rings. The predicted octanol–water partition coefficient (Wildman–Crippen LogP) is 1.84. The van der Waals surface area contributed by atoms with Gasteiger partial charge in [-0.3, -0.25) is 9.59 Å². The second-order valence-corrected chi connectivity index (χ2v) is 5.21. The maximum atomic E-state index is 11.8. The number of fused-ring (bicyclic) bond motifs is 3. The van der Waals surface area contributed by atoms with Crippen molar-refractivity contribution in [3.05, 3.63) is 29.8 Å². The van der Waals surface area contributed by atoms with Gasteiger partial charge in [0, 0.05) is 18.5 Å². The van der Waals surface area contributed by atoms with Crippen LogP contribution < -0.4 is 4.90 Å². The Morgan fingerprint density at radius 3 is 2.89 bits per heavy atom. The van der Waals surface area contributed by atoms with Crippen molar-refractivity contribution in [3.63, 3.8) is 0 Å². The van der Waals surface area contributed by atoms with Gasteiger partial charge in [0.1, 0.15) is 5.60 Å². The molecule has 94 valence electrons. The van der Waals surface area contributed by atoms with Gasteiger partial charge in [0.2, 0.25) is 5.91 Å². The molecule has 0 unspecified atom stereocenters. The second-order valence-electron chi connectivity index (χ2n) is 5.21. The number of rotatable bonds is 0. The molecule has 0 aliphatic carbocycles. The van der Waals surface area contributed by atoms with Gasteiger partial charge < -0.3 is 9.64 Å². The van der Waals surface area contributed by atoms with E-state index in [9.17, 15) is 9.59 Å². The van der Waals surface area contributed by atoms with E-state index in [0.29, 0.717) is 13.0 Å². The van der Waals surface area contributed by atoms with E-state index in [1.54, 1.807) is 4.90 Å². The minimum Gasteiger partial charge on any atom is -0.457 e. The standard InChI is InChI=1S/C14H15NO3/c1-9(16)15-8-14(2)11(7-13(17)18-14)10-5-3-4-6-12(10)15/h3-6,11H,7-8H2,1-2H3/t11-,14-/m1/s1. The number of hydrogen-bond acceptors (Lipinski definition) is 3. The third-order valence-corrected chi connectivity index (χ3v) is 3.91. The molecular weight excluding hydrogens is 230 g/mol. The van der Waals surface area contributed by atoms with Gasteiger partial charge in [-0.25, -0.2) is 0 Å². The van der Waals surface area contributed by atoms with Crippen LogP contribution in [0.3, 0.4) is 0 Å². The fourth-order valence-electron chi connectivity index (χ4n) is 3.04. The minimum absolute atomic E-state index is 0.0231. The Kier molecular flexibility index (Phi) is 2.24. The molecule has 18 heavy (non-hydrogen) atoms. The number of esters is 1. The largest absolute Gasteiger partial charge is 0.457 e. The van der Waals surface area contributed by atoms with Gasteiger partial charge in [-0.15, -0.1) is 0 Å². The summed E-state index contributed by atoms with van der Waals surface area (Å²) in [4.78, 5) is 25.0. The molecule has 2 heterocycles. The molecule has 0 spiro atoms. The van der Waals surface area contributed by atoms with Crippen LogP contribution in [0.5, 0.6) is 0 Å². The first-order chi connectivity index (χ1) is 8.51. The van der Waals surface area contributed by atoms with Crippen molar-refractivity contribution in [2.45, 2.75) is 31.8 Å². The van der Waals surface area contributed by atoms with E-state index in [1.165, 1.54) is 6.92 Å². The maximum absolute atomic E-state index is 11.8. The summed E-state index contributed by atoms with van der Waals surface area (Å²) in [5.74, 6) is -0.149. The summed E-state index contributed by atoms with van der Waals surface area (Å²) in [6.45, 7) is 3.89. The fraction of sp³-hybridized carbons (Fsp3) is 0.429. The van der Waals surface area contributed by atoms with E-state index in [2.05, 4.69) is 0 Å². The summed E-state index contributed by atoms with van der Waals surface area (Å²) < 4.78 is 5.46. The lowest BCUT2D eigenvalue weighted by atomic mass is 9.78. The lowest BCUT2D eigenvalue weighted by Gasteiger charge is -2.41. The molecule has 1 aromatic carbocycles. The molecule has 1 fully saturated rings. The van der Waals surface area contributed by atoms with E-state index >= 15 is 0 Å². The molecule has 4 heteroatoms. The van der Waals surface area contributed by atoms with Crippen molar-refractivity contribution in [2.24, 2.45) is 0 Å². The molecule has 2 aliphatic rings. The minimum atomic E-state index is -0.586. The van der Waals surface area contributed by atoms with Crippen molar-refractivity contribution >= 4 is 17.6 Å². The number of carbonyl (C=O) groups is 2. The molecule has 0 N–H and O–H groups in total. The van der Waals surface area contributed by atoms with Crippen molar-refractivity contribution < 1.29 is 14.3 Å². The second kappa shape index (κ2) is 3.57. The highest BCUT2D eigenvalue weighted by Crippen LogP contribution is 2.48. The van der Waals surface area contributed by atoms with Crippen LogP contribution in [0.15, 0.2) is 24.3 Å². The Morgan fingerprint density at radius 2 is 2.17 bits per heavy atom. The van der Waals surface area contributed by atoms with Gasteiger partial charge in [0.05, 0.1) is 13.0 Å². The summed E-state index contributed by atoms with van der Waals surface area (Å²) >= 11 is 0. The molecule has 2 atom stereocenters. The van der Waals surface area contributed by atoms with Crippen LogP contribution in [-0.4, -0.2) is 24.0 Å². The average molecular weight is 245 g/mol. The van der Waals surface area contributed by atoms with Gasteiger partial charge in [-0.05, 0) is 18.6 Å². The highest BCUT2D eigenvalue weighted by atomic mass is 16.6. The van der Waals surface area contributed by atoms with Crippen molar-refractivity contribution in [2.75, 3.05) is 11.4 Å². The van der Waals surface area contributed by atoms with Crippen LogP contribution in [-0.2, 0) is 14.3 Å². The van der Waals surface area contributed by atoms with Crippen LogP contribution in [0.4, 0.5) is 5.69 Å². The van der Waals surface area contributed by atoms with Crippen molar-refractivity contribution in [3.8, 4) is 0 Å². The summed E-state index contributed by atoms with van der Waals surface area (Å²) in [6, 6.07) is 7.76. The first kappa shape index (κ1) is 11.3. The smallest absolute Gasteiger partial charge is 0.307 e. The average Bonchev–Trinajstić information content (AvgIpc) is 2.63. The Morgan fingerprint density at radius 1 is 1.44 bits per heavy atom. The van der Waals surface area contributed by atoms with E-state index in [1.807, 2.05) is 31.2 Å². The number of benzene rings is 1. The summed E-state index contributed by atoms with van der Waals surface area (Å²) in [7, 11) is 0. The molecule has 0 bridgehead atoms. The number of hydrogen-bond donors (Lipinski definition) is 0. The number of anilines is 1. The Bertz CT molecular complexity index is 540. The van der Waals surface area contributed by atoms with E-state index in [4.69, 9.17) is 4.74 Å². The highest BCUT2D eigenvalue weighted by Gasteiger charge is 2.51. The molecule has 0 aromatic heterocycles. The molecular formula is C14H15NO3. The zero-order chi connectivity index (χ0) is 12.9. The quantitative estimate of drug-likeness (QED) is 0.655. The first-order valence-corrected chi connectivity index (χ1v) is 6.10. The van der Waals surface area contributed by atoms with Gasteiger partial charge in [-0.1, -0.05) is 18.2 Å². The lowest BCUT2D eigenvalue weighted by Crippen LogP contribution is -2.50. The van der Waals surface area contributed by atoms with Crippen molar-refractivity contribution in [1.82, 2.24) is 0 Å². The third-order valence-electron chi connectivity index (χ3n) is 3.91. The number of ether oxygens (including phenoxy) is 1. The monoisotopic (exact) mass is 245 g/mol. The van der Waals surface area contributed by atoms with Gasteiger partial charge >= 0.3 is 5.97 Å². The predicted molar refractivity (Wildman–Crippen MR) is 66.3 cm³/mol. The number of nitrogens with zero attached hydrogens (tertiary/aromatic N) is 1. The van der Waals surface area contributed by atoms with Crippen molar-refractivity contribution in [1.29, 1.82) is 0 Å². The SMILES string of the molecule is CC(=O)N1C[C@@]2(C)OC(=O)C[C@@H]2c2ccccc21. The summed E-state index contributed by atoms with van der Waals surface area (Å²) in [6.07, 6.45) is 0.402. The maximum Gasteiger partial charge on any atom is 0.307 e. The fourth-order valence-corrected chi connectivity index (χ4v) is 3.04. The molecule has 1 saturated heterocycles. The molecule has 0 radical (unpaired) electrons. The molecule has 0 saturated carbocycles. The van der Waals surface area contributed by atoms with Gasteiger partial charge in [0.15, 0.2) is 0 Å². The van der Waals surface area contributed by atoms with Crippen LogP contribution in [0.25, 0.3) is 0 Å². The van der Waals surface area contributed by atoms with E-state index in [0.717, 1.165) is 11.3 Å². The Hall–Kier alpha value is -1.84.